The second-order valence-corrected chi connectivity index (χ2v) is 9.77. The van der Waals surface area contributed by atoms with Crippen LogP contribution >= 0.6 is 0 Å². The van der Waals surface area contributed by atoms with Gasteiger partial charge in [-0.25, -0.2) is 4.79 Å². The third-order valence-corrected chi connectivity index (χ3v) is 5.61. The van der Waals surface area contributed by atoms with Crippen LogP contribution in [0.25, 0.3) is 0 Å². The van der Waals surface area contributed by atoms with Crippen LogP contribution in [0.1, 0.15) is 77.5 Å². The summed E-state index contributed by atoms with van der Waals surface area (Å²) in [7, 11) is 1.22. The first-order valence-electron chi connectivity index (χ1n) is 12.8. The largest absolute Gasteiger partial charge is 0.468 e. The Labute approximate surface area is 220 Å². The number of esters is 1. The number of benzene rings is 1. The van der Waals surface area contributed by atoms with Gasteiger partial charge in [0.2, 0.25) is 11.8 Å². The lowest BCUT2D eigenvalue weighted by Gasteiger charge is -2.34. The Bertz CT molecular complexity index is 881. The van der Waals surface area contributed by atoms with E-state index >= 15 is 0 Å². The summed E-state index contributed by atoms with van der Waals surface area (Å²) in [5.74, 6) is -1.84. The van der Waals surface area contributed by atoms with Crippen LogP contribution in [0.5, 0.6) is 0 Å². The highest BCUT2D eigenvalue weighted by Gasteiger charge is 2.36. The van der Waals surface area contributed by atoms with Gasteiger partial charge in [-0.05, 0) is 44.7 Å². The number of aryl methyl sites for hydroxylation is 1. The minimum absolute atomic E-state index is 0.206. The first-order valence-corrected chi connectivity index (χ1v) is 12.8. The van der Waals surface area contributed by atoms with Crippen LogP contribution in [-0.4, -0.2) is 72.3 Å². The molecule has 2 atom stereocenters. The molecule has 1 rings (SSSR count). The van der Waals surface area contributed by atoms with Gasteiger partial charge in [-0.15, -0.1) is 0 Å². The van der Waals surface area contributed by atoms with Crippen molar-refractivity contribution in [2.75, 3.05) is 26.8 Å². The summed E-state index contributed by atoms with van der Waals surface area (Å²) in [5, 5.41) is 15.0. The quantitative estimate of drug-likeness (QED) is 0.253. The normalized spacial score (nSPS) is 12.7. The van der Waals surface area contributed by atoms with Crippen LogP contribution in [0.2, 0.25) is 0 Å². The molecule has 10 heteroatoms. The number of aliphatic hydroxyl groups excluding tert-OH is 1. The molecule has 0 heterocycles. The summed E-state index contributed by atoms with van der Waals surface area (Å²) in [6.45, 7) is 8.28. The molecule has 0 fully saturated rings. The van der Waals surface area contributed by atoms with Crippen molar-refractivity contribution in [3.05, 3.63) is 35.4 Å². The Balaban J connectivity index is 3.39. The van der Waals surface area contributed by atoms with E-state index in [0.29, 0.717) is 12.0 Å². The summed E-state index contributed by atoms with van der Waals surface area (Å²) < 4.78 is 9.87. The highest BCUT2D eigenvalue weighted by atomic mass is 16.6. The zero-order chi connectivity index (χ0) is 28.0. The van der Waals surface area contributed by atoms with E-state index in [1.54, 1.807) is 32.9 Å². The number of alkyl carbamates (subject to hydrolysis) is 1. The van der Waals surface area contributed by atoms with Crippen molar-refractivity contribution in [1.82, 2.24) is 15.5 Å². The molecule has 0 aliphatic rings. The Kier molecular flexibility index (Phi) is 13.7. The molecular weight excluding hydrogens is 478 g/mol. The molecule has 0 aromatic heterocycles. The van der Waals surface area contributed by atoms with Crippen molar-refractivity contribution < 1.29 is 33.8 Å². The molecule has 208 valence electrons. The molecule has 0 saturated heterocycles. The van der Waals surface area contributed by atoms with Crippen molar-refractivity contribution in [3.63, 3.8) is 0 Å². The zero-order valence-electron chi connectivity index (χ0n) is 23.0. The number of hydrogen-bond donors (Lipinski definition) is 3. The lowest BCUT2D eigenvalue weighted by Crippen LogP contribution is -2.54. The Morgan fingerprint density at radius 1 is 1.03 bits per heavy atom. The molecule has 0 saturated carbocycles. The van der Waals surface area contributed by atoms with Crippen LogP contribution in [0.3, 0.4) is 0 Å². The molecule has 1 aromatic rings. The molecule has 0 aliphatic heterocycles. The van der Waals surface area contributed by atoms with E-state index in [4.69, 9.17) is 4.74 Å². The SMILES string of the molecule is CCCCCCN(C(=O)C(CO)NC(=O)OC(C)(C)C)C(C(=O)NCC(=O)OC)c1ccc(CC)cc1. The van der Waals surface area contributed by atoms with Crippen molar-refractivity contribution >= 4 is 23.9 Å². The molecule has 3 N–H and O–H groups in total. The summed E-state index contributed by atoms with van der Waals surface area (Å²) in [6, 6.07) is 4.85. The number of methoxy groups -OCH3 is 1. The second-order valence-electron chi connectivity index (χ2n) is 9.77. The fraction of sp³-hybridized carbons (Fsp3) is 0.630. The van der Waals surface area contributed by atoms with Gasteiger partial charge in [-0.3, -0.25) is 14.4 Å². The fourth-order valence-electron chi connectivity index (χ4n) is 3.65. The molecule has 3 amide bonds. The Morgan fingerprint density at radius 2 is 1.68 bits per heavy atom. The van der Waals surface area contributed by atoms with E-state index in [2.05, 4.69) is 22.3 Å². The minimum Gasteiger partial charge on any atom is -0.468 e. The second kappa shape index (κ2) is 15.9. The predicted octanol–water partition coefficient (Wildman–Crippen LogP) is 2.87. The lowest BCUT2D eigenvalue weighted by atomic mass is 10.00. The molecular formula is C27H43N3O7. The molecule has 0 spiro atoms. The van der Waals surface area contributed by atoms with Gasteiger partial charge in [0.15, 0.2) is 0 Å². The van der Waals surface area contributed by atoms with Crippen LogP contribution < -0.4 is 10.6 Å². The Morgan fingerprint density at radius 3 is 2.19 bits per heavy atom. The number of aliphatic hydroxyl groups is 1. The topological polar surface area (TPSA) is 134 Å². The number of carbonyl (C=O) groups is 4. The number of unbranched alkanes of at least 4 members (excludes halogenated alkanes) is 3. The van der Waals surface area contributed by atoms with E-state index in [9.17, 15) is 24.3 Å². The number of nitrogens with zero attached hydrogens (tertiary/aromatic N) is 1. The van der Waals surface area contributed by atoms with E-state index in [-0.39, 0.29) is 13.1 Å². The summed E-state index contributed by atoms with van der Waals surface area (Å²) >= 11 is 0. The first-order chi connectivity index (χ1) is 17.5. The summed E-state index contributed by atoms with van der Waals surface area (Å²) in [6.07, 6.45) is 3.31. The van der Waals surface area contributed by atoms with Gasteiger partial charge in [0, 0.05) is 6.54 Å². The molecule has 0 radical (unpaired) electrons. The first kappa shape index (κ1) is 31.9. The third-order valence-electron chi connectivity index (χ3n) is 5.61. The molecule has 0 bridgehead atoms. The van der Waals surface area contributed by atoms with Gasteiger partial charge < -0.3 is 30.1 Å². The number of hydrogen-bond acceptors (Lipinski definition) is 7. The van der Waals surface area contributed by atoms with Crippen LogP contribution in [0, 0.1) is 0 Å². The smallest absolute Gasteiger partial charge is 0.408 e. The molecule has 0 aliphatic carbocycles. The molecule has 10 nitrogen and oxygen atoms in total. The third kappa shape index (κ3) is 11.2. The predicted molar refractivity (Wildman–Crippen MR) is 140 cm³/mol. The maximum atomic E-state index is 13.7. The van der Waals surface area contributed by atoms with E-state index in [1.807, 2.05) is 19.1 Å². The number of rotatable bonds is 14. The standard InChI is InChI=1S/C27H43N3O7/c1-7-9-10-11-16-30(25(34)21(18-31)29-26(35)37-27(3,4)5)23(24(33)28-17-22(32)36-6)20-14-12-19(8-2)13-15-20/h12-15,21,23,31H,7-11,16-18H2,1-6H3,(H,28,33)(H,29,35). The zero-order valence-corrected chi connectivity index (χ0v) is 23.0. The summed E-state index contributed by atoms with van der Waals surface area (Å²) in [4.78, 5) is 52.5. The van der Waals surface area contributed by atoms with Crippen molar-refractivity contribution in [3.8, 4) is 0 Å². The van der Waals surface area contributed by atoms with Crippen LogP contribution in [0.15, 0.2) is 24.3 Å². The van der Waals surface area contributed by atoms with Gasteiger partial charge in [0.25, 0.3) is 0 Å². The lowest BCUT2D eigenvalue weighted by molar-refractivity contribution is -0.145. The number of amides is 3. The van der Waals surface area contributed by atoms with Gasteiger partial charge in [-0.1, -0.05) is 57.4 Å². The average Bonchev–Trinajstić information content (AvgIpc) is 2.86. The van der Waals surface area contributed by atoms with Crippen LogP contribution in [0.4, 0.5) is 4.79 Å². The molecule has 1 aromatic carbocycles. The maximum absolute atomic E-state index is 13.7. The van der Waals surface area contributed by atoms with Crippen LogP contribution in [-0.2, 0) is 30.3 Å². The Hall–Kier alpha value is -3.14. The van der Waals surface area contributed by atoms with Crippen molar-refractivity contribution in [2.24, 2.45) is 0 Å². The van der Waals surface area contributed by atoms with Gasteiger partial charge in [0.1, 0.15) is 24.2 Å². The highest BCUT2D eigenvalue weighted by molar-refractivity contribution is 5.93. The van der Waals surface area contributed by atoms with E-state index < -0.39 is 48.2 Å². The number of nitrogens with one attached hydrogen (secondary N) is 2. The highest BCUT2D eigenvalue weighted by Crippen LogP contribution is 2.24. The fourth-order valence-corrected chi connectivity index (χ4v) is 3.65. The van der Waals surface area contributed by atoms with Crippen molar-refractivity contribution in [2.45, 2.75) is 84.4 Å². The van der Waals surface area contributed by atoms with Gasteiger partial charge >= 0.3 is 12.1 Å². The summed E-state index contributed by atoms with van der Waals surface area (Å²) in [5.41, 5.74) is 0.792. The van der Waals surface area contributed by atoms with E-state index in [0.717, 1.165) is 31.2 Å². The van der Waals surface area contributed by atoms with Gasteiger partial charge in [0.05, 0.1) is 13.7 Å². The molecule has 2 unspecified atom stereocenters. The maximum Gasteiger partial charge on any atom is 0.408 e. The van der Waals surface area contributed by atoms with E-state index in [1.165, 1.54) is 12.0 Å². The monoisotopic (exact) mass is 521 g/mol. The van der Waals surface area contributed by atoms with Crippen molar-refractivity contribution in [1.29, 1.82) is 0 Å². The average molecular weight is 522 g/mol. The minimum atomic E-state index is -1.33. The molecule has 37 heavy (non-hydrogen) atoms. The number of carbonyl (C=O) groups excluding carboxylic acids is 4. The number of ether oxygens (including phenoxy) is 2. The van der Waals surface area contributed by atoms with Gasteiger partial charge in [-0.2, -0.15) is 0 Å².